The van der Waals surface area contributed by atoms with Crippen LogP contribution < -0.4 is 5.32 Å². The van der Waals surface area contributed by atoms with Crippen molar-refractivity contribution in [1.82, 2.24) is 20.0 Å². The molecule has 0 spiro atoms. The van der Waals surface area contributed by atoms with Crippen molar-refractivity contribution in [2.75, 3.05) is 13.1 Å². The predicted molar refractivity (Wildman–Crippen MR) is 122 cm³/mol. The second kappa shape index (κ2) is 10.5. The zero-order valence-electron chi connectivity index (χ0n) is 20.4. The first-order valence-corrected chi connectivity index (χ1v) is 11.1. The van der Waals surface area contributed by atoms with Crippen LogP contribution in [0.1, 0.15) is 68.0 Å². The molecule has 0 aliphatic rings. The summed E-state index contributed by atoms with van der Waals surface area (Å²) >= 11 is 3.37. The first-order chi connectivity index (χ1) is 14.4. The molecule has 0 bridgehead atoms. The molecule has 0 fully saturated rings. The van der Waals surface area contributed by atoms with Crippen LogP contribution in [0.3, 0.4) is 0 Å². The molecule has 1 N–H and O–H groups in total. The molecule has 1 aromatic rings. The molecule has 0 radical (unpaired) electrons. The maximum Gasteiger partial charge on any atom is 0.435 e. The maximum atomic E-state index is 12.7. The lowest BCUT2D eigenvalue weighted by molar-refractivity contribution is 0.0221. The minimum Gasteiger partial charge on any atom is -0.444 e. The SMILES string of the molecule is CC(C)(C)OC(=O)NCCN(Cc1nn(C(=O)OC(C)(C)C)cc1Br)C(=O)OC(C)(C)C. The quantitative estimate of drug-likeness (QED) is 0.562. The molecule has 1 rings (SSSR count). The molecular weight excluding hydrogens is 484 g/mol. The van der Waals surface area contributed by atoms with Crippen molar-refractivity contribution < 1.29 is 28.6 Å². The van der Waals surface area contributed by atoms with Gasteiger partial charge < -0.3 is 24.4 Å². The van der Waals surface area contributed by atoms with Crippen LogP contribution in [0.2, 0.25) is 0 Å². The van der Waals surface area contributed by atoms with Crippen LogP contribution in [0.5, 0.6) is 0 Å². The van der Waals surface area contributed by atoms with Crippen LogP contribution in [0.4, 0.5) is 14.4 Å². The molecule has 10 nitrogen and oxygen atoms in total. The fourth-order valence-corrected chi connectivity index (χ4v) is 2.65. The van der Waals surface area contributed by atoms with Gasteiger partial charge in [-0.15, -0.1) is 0 Å². The Bertz CT molecular complexity index is 818. The molecular formula is C21H35BrN4O6. The van der Waals surface area contributed by atoms with E-state index in [-0.39, 0.29) is 19.6 Å². The Balaban J connectivity index is 2.93. The predicted octanol–water partition coefficient (Wildman–Crippen LogP) is 4.69. The number of alkyl carbamates (subject to hydrolysis) is 1. The average molecular weight is 519 g/mol. The van der Waals surface area contributed by atoms with Crippen molar-refractivity contribution in [2.24, 2.45) is 0 Å². The zero-order valence-corrected chi connectivity index (χ0v) is 22.0. The summed E-state index contributed by atoms with van der Waals surface area (Å²) in [5.74, 6) is 0. The van der Waals surface area contributed by atoms with E-state index in [1.54, 1.807) is 62.3 Å². The number of carbonyl (C=O) groups is 3. The third kappa shape index (κ3) is 10.8. The molecule has 2 amide bonds. The second-order valence-electron chi connectivity index (χ2n) is 10.2. The van der Waals surface area contributed by atoms with Crippen molar-refractivity contribution >= 4 is 34.2 Å². The van der Waals surface area contributed by atoms with Gasteiger partial charge in [-0.3, -0.25) is 0 Å². The van der Waals surface area contributed by atoms with Crippen molar-refractivity contribution in [3.63, 3.8) is 0 Å². The highest BCUT2D eigenvalue weighted by atomic mass is 79.9. The Hall–Kier alpha value is -2.30. The maximum absolute atomic E-state index is 12.7. The van der Waals surface area contributed by atoms with E-state index in [1.165, 1.54) is 11.1 Å². The number of aromatic nitrogens is 2. The lowest BCUT2D eigenvalue weighted by Gasteiger charge is -2.27. The third-order valence-corrected chi connectivity index (χ3v) is 4.03. The number of amides is 2. The lowest BCUT2D eigenvalue weighted by atomic mass is 10.2. The van der Waals surface area contributed by atoms with E-state index in [1.807, 2.05) is 0 Å². The molecule has 182 valence electrons. The van der Waals surface area contributed by atoms with Gasteiger partial charge in [-0.2, -0.15) is 9.78 Å². The van der Waals surface area contributed by atoms with Crippen LogP contribution in [-0.4, -0.2) is 62.9 Å². The van der Waals surface area contributed by atoms with Crippen LogP contribution in [0.15, 0.2) is 10.7 Å². The molecule has 0 atom stereocenters. The molecule has 0 saturated heterocycles. The molecule has 0 unspecified atom stereocenters. The van der Waals surface area contributed by atoms with Gasteiger partial charge >= 0.3 is 18.3 Å². The van der Waals surface area contributed by atoms with Gasteiger partial charge in [0.2, 0.25) is 0 Å². The average Bonchev–Trinajstić information content (AvgIpc) is 2.90. The summed E-state index contributed by atoms with van der Waals surface area (Å²) < 4.78 is 17.6. The third-order valence-electron chi connectivity index (χ3n) is 3.36. The van der Waals surface area contributed by atoms with Gasteiger partial charge in [-0.25, -0.2) is 14.4 Å². The summed E-state index contributed by atoms with van der Waals surface area (Å²) in [6.45, 7) is 16.2. The van der Waals surface area contributed by atoms with Gasteiger partial charge in [0, 0.05) is 13.1 Å². The zero-order chi connectivity index (χ0) is 24.9. The van der Waals surface area contributed by atoms with Crippen LogP contribution >= 0.6 is 15.9 Å². The van der Waals surface area contributed by atoms with Gasteiger partial charge in [0.1, 0.15) is 16.8 Å². The van der Waals surface area contributed by atoms with Gasteiger partial charge in [-0.05, 0) is 78.2 Å². The van der Waals surface area contributed by atoms with Crippen molar-refractivity contribution in [3.05, 3.63) is 16.4 Å². The number of carbonyl (C=O) groups excluding carboxylic acids is 3. The topological polar surface area (TPSA) is 112 Å². The van der Waals surface area contributed by atoms with E-state index in [4.69, 9.17) is 14.2 Å². The minimum atomic E-state index is -0.707. The molecule has 1 heterocycles. The normalized spacial score (nSPS) is 12.2. The number of ether oxygens (including phenoxy) is 3. The summed E-state index contributed by atoms with van der Waals surface area (Å²) in [6, 6.07) is 0. The molecule has 0 saturated carbocycles. The van der Waals surface area contributed by atoms with E-state index >= 15 is 0 Å². The Kier molecular flexibility index (Phi) is 9.14. The van der Waals surface area contributed by atoms with E-state index in [9.17, 15) is 14.4 Å². The van der Waals surface area contributed by atoms with Crippen LogP contribution in [0, 0.1) is 0 Å². The van der Waals surface area contributed by atoms with Gasteiger partial charge in [-0.1, -0.05) is 0 Å². The second-order valence-corrected chi connectivity index (χ2v) is 11.0. The fourth-order valence-electron chi connectivity index (χ4n) is 2.25. The molecule has 11 heteroatoms. The Morgan fingerprint density at radius 3 is 2.00 bits per heavy atom. The Labute approximate surface area is 198 Å². The number of hydrogen-bond donors (Lipinski definition) is 1. The Morgan fingerprint density at radius 2 is 1.50 bits per heavy atom. The highest BCUT2D eigenvalue weighted by Gasteiger charge is 2.26. The van der Waals surface area contributed by atoms with Gasteiger partial charge in [0.05, 0.1) is 22.9 Å². The highest BCUT2D eigenvalue weighted by Crippen LogP contribution is 2.20. The summed E-state index contributed by atoms with van der Waals surface area (Å²) in [7, 11) is 0. The standard InChI is InChI=1S/C21H35BrN4O6/c1-19(2,3)30-16(27)23-10-11-25(17(28)31-20(4,5)6)13-15-14(22)12-26(24-15)18(29)32-21(7,8)9/h12H,10-11,13H2,1-9H3,(H,23,27). The van der Waals surface area contributed by atoms with Crippen molar-refractivity contribution in [3.8, 4) is 0 Å². The summed E-state index contributed by atoms with van der Waals surface area (Å²) in [5, 5.41) is 6.85. The van der Waals surface area contributed by atoms with Crippen LogP contribution in [-0.2, 0) is 20.8 Å². The number of rotatable bonds is 5. The summed E-state index contributed by atoms with van der Waals surface area (Å²) in [4.78, 5) is 38.3. The first-order valence-electron chi connectivity index (χ1n) is 10.3. The van der Waals surface area contributed by atoms with Gasteiger partial charge in [0.15, 0.2) is 0 Å². The minimum absolute atomic E-state index is 0.0429. The van der Waals surface area contributed by atoms with E-state index in [0.717, 1.165) is 4.68 Å². The van der Waals surface area contributed by atoms with E-state index < -0.39 is 35.1 Å². The monoisotopic (exact) mass is 518 g/mol. The number of hydrogen-bond acceptors (Lipinski definition) is 7. The largest absolute Gasteiger partial charge is 0.444 e. The van der Waals surface area contributed by atoms with E-state index in [0.29, 0.717) is 10.2 Å². The molecule has 1 aromatic heterocycles. The number of nitrogens with one attached hydrogen (secondary N) is 1. The summed E-state index contributed by atoms with van der Waals surface area (Å²) in [6.07, 6.45) is -0.339. The highest BCUT2D eigenvalue weighted by molar-refractivity contribution is 9.10. The molecule has 32 heavy (non-hydrogen) atoms. The van der Waals surface area contributed by atoms with Crippen molar-refractivity contribution in [2.45, 2.75) is 85.7 Å². The molecule has 0 aliphatic heterocycles. The van der Waals surface area contributed by atoms with Crippen molar-refractivity contribution in [1.29, 1.82) is 0 Å². The fraction of sp³-hybridized carbons (Fsp3) is 0.714. The molecule has 0 aliphatic carbocycles. The lowest BCUT2D eigenvalue weighted by Crippen LogP contribution is -2.42. The summed E-state index contributed by atoms with van der Waals surface area (Å²) in [5.41, 5.74) is -1.58. The first kappa shape index (κ1) is 27.7. The number of halogens is 1. The Morgan fingerprint density at radius 1 is 0.969 bits per heavy atom. The smallest absolute Gasteiger partial charge is 0.435 e. The molecule has 0 aromatic carbocycles. The van der Waals surface area contributed by atoms with E-state index in [2.05, 4.69) is 26.3 Å². The number of nitrogens with zero attached hydrogens (tertiary/aromatic N) is 3. The van der Waals surface area contributed by atoms with Crippen LogP contribution in [0.25, 0.3) is 0 Å². The van der Waals surface area contributed by atoms with Gasteiger partial charge in [0.25, 0.3) is 0 Å².